The average molecular weight is 358 g/mol. The highest BCUT2D eigenvalue weighted by atomic mass is 35.5. The lowest BCUT2D eigenvalue weighted by molar-refractivity contribution is 0.0696. The van der Waals surface area contributed by atoms with Gasteiger partial charge in [0, 0.05) is 11.8 Å². The first kappa shape index (κ1) is 16.9. The molecule has 0 atom stereocenters. The van der Waals surface area contributed by atoms with Crippen LogP contribution in [0.4, 0.5) is 4.39 Å². The quantitative estimate of drug-likeness (QED) is 0.758. The Morgan fingerprint density at radius 3 is 2.52 bits per heavy atom. The van der Waals surface area contributed by atoms with E-state index in [2.05, 4.69) is 10.1 Å². The van der Waals surface area contributed by atoms with E-state index in [1.54, 1.807) is 30.4 Å². The van der Waals surface area contributed by atoms with Crippen LogP contribution in [0, 0.1) is 12.7 Å². The molecule has 0 aliphatic heterocycles. The van der Waals surface area contributed by atoms with Gasteiger partial charge in [-0.2, -0.15) is 5.10 Å². The standard InChI is InChI=1S/C18H13ClFN3O2/c1-11-16(9-6-14-5-2-12(10-21-14)18(24)25)17(19)23(22-11)15-7-3-13(20)4-8-15/h2-10H,1H3,(H,24,25)/b9-6+. The Morgan fingerprint density at radius 1 is 1.20 bits per heavy atom. The number of rotatable bonds is 4. The third-order valence-electron chi connectivity index (χ3n) is 3.57. The zero-order chi connectivity index (χ0) is 18.0. The number of carboxylic acid groups (broad SMARTS) is 1. The van der Waals surface area contributed by atoms with Crippen LogP contribution in [0.3, 0.4) is 0 Å². The van der Waals surface area contributed by atoms with E-state index in [4.69, 9.17) is 16.7 Å². The molecule has 0 radical (unpaired) electrons. The first-order chi connectivity index (χ1) is 12.0. The summed E-state index contributed by atoms with van der Waals surface area (Å²) >= 11 is 6.39. The van der Waals surface area contributed by atoms with E-state index in [1.807, 2.05) is 6.92 Å². The molecule has 0 bridgehead atoms. The highest BCUT2D eigenvalue weighted by Crippen LogP contribution is 2.25. The number of nitrogens with zero attached hydrogens (tertiary/aromatic N) is 3. The number of benzene rings is 1. The summed E-state index contributed by atoms with van der Waals surface area (Å²) in [5.74, 6) is -1.36. The lowest BCUT2D eigenvalue weighted by atomic mass is 10.2. The smallest absolute Gasteiger partial charge is 0.337 e. The van der Waals surface area contributed by atoms with Crippen molar-refractivity contribution in [3.05, 3.63) is 76.1 Å². The normalized spacial score (nSPS) is 11.2. The molecule has 5 nitrogen and oxygen atoms in total. The van der Waals surface area contributed by atoms with E-state index in [-0.39, 0.29) is 11.4 Å². The molecule has 2 aromatic heterocycles. The molecule has 3 aromatic rings. The highest BCUT2D eigenvalue weighted by Gasteiger charge is 2.12. The van der Waals surface area contributed by atoms with E-state index < -0.39 is 5.97 Å². The van der Waals surface area contributed by atoms with Crippen molar-refractivity contribution in [2.24, 2.45) is 0 Å². The van der Waals surface area contributed by atoms with E-state index in [1.165, 1.54) is 29.1 Å². The zero-order valence-corrected chi connectivity index (χ0v) is 13.9. The molecule has 0 saturated heterocycles. The molecular formula is C18H13ClFN3O2. The summed E-state index contributed by atoms with van der Waals surface area (Å²) in [5, 5.41) is 13.6. The number of aryl methyl sites for hydroxylation is 1. The molecule has 3 rings (SSSR count). The van der Waals surface area contributed by atoms with Crippen LogP contribution in [0.25, 0.3) is 17.8 Å². The summed E-state index contributed by atoms with van der Waals surface area (Å²) < 4.78 is 14.6. The molecule has 126 valence electrons. The summed E-state index contributed by atoms with van der Waals surface area (Å²) in [6.45, 7) is 1.81. The van der Waals surface area contributed by atoms with Crippen LogP contribution in [0.5, 0.6) is 0 Å². The Kier molecular flexibility index (Phi) is 4.63. The maximum absolute atomic E-state index is 13.1. The molecule has 25 heavy (non-hydrogen) atoms. The summed E-state index contributed by atoms with van der Waals surface area (Å²) in [4.78, 5) is 14.9. The number of halogens is 2. The Balaban J connectivity index is 1.90. The van der Waals surface area contributed by atoms with Crippen LogP contribution in [0.1, 0.15) is 27.3 Å². The van der Waals surface area contributed by atoms with Crippen LogP contribution < -0.4 is 0 Å². The maximum atomic E-state index is 13.1. The van der Waals surface area contributed by atoms with Crippen molar-refractivity contribution in [2.75, 3.05) is 0 Å². The van der Waals surface area contributed by atoms with Gasteiger partial charge in [0.1, 0.15) is 11.0 Å². The fourth-order valence-corrected chi connectivity index (χ4v) is 2.59. The number of aromatic carboxylic acids is 1. The summed E-state index contributed by atoms with van der Waals surface area (Å²) in [5.41, 5.74) is 2.77. The molecule has 1 aromatic carbocycles. The fraction of sp³-hybridized carbons (Fsp3) is 0.0556. The number of aromatic nitrogens is 3. The molecule has 0 spiro atoms. The van der Waals surface area contributed by atoms with Crippen LogP contribution >= 0.6 is 11.6 Å². The van der Waals surface area contributed by atoms with Gasteiger partial charge >= 0.3 is 5.97 Å². The molecule has 7 heteroatoms. The molecule has 2 heterocycles. The predicted molar refractivity (Wildman–Crippen MR) is 93.4 cm³/mol. The number of carbonyl (C=O) groups is 1. The van der Waals surface area contributed by atoms with E-state index >= 15 is 0 Å². The van der Waals surface area contributed by atoms with Crippen molar-refractivity contribution >= 4 is 29.7 Å². The van der Waals surface area contributed by atoms with Gasteiger partial charge in [0.25, 0.3) is 0 Å². The van der Waals surface area contributed by atoms with Crippen LogP contribution in [0.15, 0.2) is 42.6 Å². The molecule has 0 fully saturated rings. The third-order valence-corrected chi connectivity index (χ3v) is 3.94. The Bertz CT molecular complexity index is 948. The fourth-order valence-electron chi connectivity index (χ4n) is 2.25. The Hall–Kier alpha value is -2.99. The zero-order valence-electron chi connectivity index (χ0n) is 13.1. The predicted octanol–water partition coefficient (Wildman–Crippen LogP) is 4.24. The van der Waals surface area contributed by atoms with Gasteiger partial charge in [-0.05, 0) is 55.5 Å². The lowest BCUT2D eigenvalue weighted by Gasteiger charge is -2.02. The topological polar surface area (TPSA) is 68.0 Å². The first-order valence-corrected chi connectivity index (χ1v) is 7.72. The Morgan fingerprint density at radius 2 is 1.92 bits per heavy atom. The van der Waals surface area contributed by atoms with Gasteiger partial charge in [0.2, 0.25) is 0 Å². The lowest BCUT2D eigenvalue weighted by Crippen LogP contribution is -1.96. The summed E-state index contributed by atoms with van der Waals surface area (Å²) in [6, 6.07) is 8.94. The van der Waals surface area contributed by atoms with Crippen LogP contribution in [-0.2, 0) is 0 Å². The van der Waals surface area contributed by atoms with Crippen LogP contribution in [0.2, 0.25) is 5.15 Å². The number of hydrogen-bond donors (Lipinski definition) is 1. The maximum Gasteiger partial charge on any atom is 0.337 e. The second-order valence-electron chi connectivity index (χ2n) is 5.29. The molecule has 1 N–H and O–H groups in total. The van der Waals surface area contributed by atoms with Gasteiger partial charge in [-0.3, -0.25) is 4.98 Å². The van der Waals surface area contributed by atoms with Crippen molar-refractivity contribution in [3.8, 4) is 5.69 Å². The largest absolute Gasteiger partial charge is 0.478 e. The minimum atomic E-state index is -1.03. The van der Waals surface area contributed by atoms with Crippen molar-refractivity contribution in [1.29, 1.82) is 0 Å². The molecule has 0 saturated carbocycles. The van der Waals surface area contributed by atoms with E-state index in [0.29, 0.717) is 27.8 Å². The molecule has 0 unspecified atom stereocenters. The molecular weight excluding hydrogens is 345 g/mol. The van der Waals surface area contributed by atoms with Gasteiger partial charge in [-0.15, -0.1) is 0 Å². The third kappa shape index (κ3) is 3.59. The van der Waals surface area contributed by atoms with Crippen molar-refractivity contribution < 1.29 is 14.3 Å². The highest BCUT2D eigenvalue weighted by molar-refractivity contribution is 6.31. The monoisotopic (exact) mass is 357 g/mol. The number of hydrogen-bond acceptors (Lipinski definition) is 3. The minimum Gasteiger partial charge on any atom is -0.478 e. The average Bonchev–Trinajstić information content (AvgIpc) is 2.88. The molecule has 0 amide bonds. The second-order valence-corrected chi connectivity index (χ2v) is 5.65. The molecule has 0 aliphatic carbocycles. The van der Waals surface area contributed by atoms with Crippen molar-refractivity contribution in [2.45, 2.75) is 6.92 Å². The SMILES string of the molecule is Cc1nn(-c2ccc(F)cc2)c(Cl)c1/C=C/c1ccc(C(=O)O)cn1. The van der Waals surface area contributed by atoms with Gasteiger partial charge in [-0.25, -0.2) is 13.9 Å². The first-order valence-electron chi connectivity index (χ1n) is 7.34. The van der Waals surface area contributed by atoms with E-state index in [0.717, 1.165) is 0 Å². The Labute approximate surface area is 148 Å². The number of carboxylic acids is 1. The van der Waals surface area contributed by atoms with Crippen molar-refractivity contribution in [3.63, 3.8) is 0 Å². The van der Waals surface area contributed by atoms with Gasteiger partial charge < -0.3 is 5.11 Å². The van der Waals surface area contributed by atoms with Gasteiger partial charge in [-0.1, -0.05) is 11.6 Å². The van der Waals surface area contributed by atoms with E-state index in [9.17, 15) is 9.18 Å². The van der Waals surface area contributed by atoms with Crippen LogP contribution in [-0.4, -0.2) is 25.8 Å². The summed E-state index contributed by atoms with van der Waals surface area (Å²) in [7, 11) is 0. The number of pyridine rings is 1. The second kappa shape index (κ2) is 6.86. The summed E-state index contributed by atoms with van der Waals surface area (Å²) in [6.07, 6.45) is 4.77. The molecule has 0 aliphatic rings. The van der Waals surface area contributed by atoms with Crippen molar-refractivity contribution in [1.82, 2.24) is 14.8 Å². The van der Waals surface area contributed by atoms with Gasteiger partial charge in [0.15, 0.2) is 0 Å². The van der Waals surface area contributed by atoms with Gasteiger partial charge in [0.05, 0.1) is 22.6 Å². The minimum absolute atomic E-state index is 0.121.